The lowest BCUT2D eigenvalue weighted by Crippen LogP contribution is -2.12. The zero-order chi connectivity index (χ0) is 20.3. The number of halogens is 2. The second kappa shape index (κ2) is 7.75. The number of pyridine rings is 2. The predicted molar refractivity (Wildman–Crippen MR) is 98.9 cm³/mol. The van der Waals surface area contributed by atoms with Crippen LogP contribution in [0.15, 0.2) is 60.8 Å². The van der Waals surface area contributed by atoms with Crippen LogP contribution in [-0.2, 0) is 0 Å². The van der Waals surface area contributed by atoms with Crippen molar-refractivity contribution < 1.29 is 23.5 Å². The van der Waals surface area contributed by atoms with Crippen molar-refractivity contribution >= 4 is 33.7 Å². The van der Waals surface area contributed by atoms with E-state index in [4.69, 9.17) is 10.8 Å². The number of para-hydroxylation sites is 1. The molecule has 0 atom stereocenters. The number of hydrogen-bond donors (Lipinski definition) is 2. The number of amides is 1. The van der Waals surface area contributed by atoms with E-state index in [1.54, 1.807) is 18.2 Å². The number of nitrogens with zero attached hydrogens (tertiary/aromatic N) is 2. The summed E-state index contributed by atoms with van der Waals surface area (Å²) in [6.45, 7) is 0. The summed E-state index contributed by atoms with van der Waals surface area (Å²) >= 11 is 0. The van der Waals surface area contributed by atoms with Gasteiger partial charge in [-0.3, -0.25) is 9.78 Å². The molecule has 0 radical (unpaired) electrons. The van der Waals surface area contributed by atoms with Crippen molar-refractivity contribution in [3.8, 4) is 0 Å². The number of aromatic nitrogens is 2. The molecule has 0 aliphatic carbocycles. The number of benzene rings is 2. The highest BCUT2D eigenvalue weighted by Crippen LogP contribution is 2.17. The van der Waals surface area contributed by atoms with Crippen LogP contribution in [0.2, 0.25) is 0 Å². The van der Waals surface area contributed by atoms with Crippen molar-refractivity contribution in [3.05, 3.63) is 83.7 Å². The number of fused-ring (bicyclic) bond motifs is 2. The van der Waals surface area contributed by atoms with Gasteiger partial charge in [-0.2, -0.15) is 0 Å². The van der Waals surface area contributed by atoms with Gasteiger partial charge in [0, 0.05) is 23.0 Å². The summed E-state index contributed by atoms with van der Waals surface area (Å²) in [5.41, 5.74) is 6.23. The fourth-order valence-corrected chi connectivity index (χ4v) is 2.54. The Morgan fingerprint density at radius 1 is 0.929 bits per heavy atom. The number of carboxylic acids is 1. The molecule has 0 bridgehead atoms. The predicted octanol–water partition coefficient (Wildman–Crippen LogP) is 3.54. The maximum Gasteiger partial charge on any atom is 0.336 e. The number of carboxylic acid groups (broad SMARTS) is 1. The van der Waals surface area contributed by atoms with Gasteiger partial charge in [-0.1, -0.05) is 24.3 Å². The minimum absolute atomic E-state index is 0.0218. The molecule has 0 spiro atoms. The highest BCUT2D eigenvalue weighted by molar-refractivity contribution is 6.02. The molecule has 4 aromatic rings. The van der Waals surface area contributed by atoms with Crippen molar-refractivity contribution in [2.75, 3.05) is 0 Å². The van der Waals surface area contributed by atoms with E-state index in [1.807, 2.05) is 6.07 Å². The zero-order valence-electron chi connectivity index (χ0n) is 14.3. The second-order valence-electron chi connectivity index (χ2n) is 5.70. The highest BCUT2D eigenvalue weighted by atomic mass is 19.2. The first-order chi connectivity index (χ1) is 13.4. The van der Waals surface area contributed by atoms with Gasteiger partial charge in [0.15, 0.2) is 11.6 Å². The van der Waals surface area contributed by atoms with Gasteiger partial charge in [0.25, 0.3) is 5.91 Å². The number of nitrogens with two attached hydrogens (primary N) is 1. The average Bonchev–Trinajstić information content (AvgIpc) is 2.68. The van der Waals surface area contributed by atoms with Gasteiger partial charge >= 0.3 is 5.97 Å². The zero-order valence-corrected chi connectivity index (χ0v) is 14.3. The lowest BCUT2D eigenvalue weighted by molar-refractivity contribution is 0.0698. The van der Waals surface area contributed by atoms with Crippen LogP contribution >= 0.6 is 0 Å². The molecule has 0 unspecified atom stereocenters. The Hall–Kier alpha value is -3.94. The Labute approximate surface area is 157 Å². The van der Waals surface area contributed by atoms with E-state index < -0.39 is 23.5 Å². The summed E-state index contributed by atoms with van der Waals surface area (Å²) in [4.78, 5) is 29.4. The van der Waals surface area contributed by atoms with Crippen LogP contribution in [-0.4, -0.2) is 27.0 Å². The summed E-state index contributed by atoms with van der Waals surface area (Å²) in [7, 11) is 0. The number of hydrogen-bond acceptors (Lipinski definition) is 4. The van der Waals surface area contributed by atoms with Crippen LogP contribution in [0, 0.1) is 11.6 Å². The van der Waals surface area contributed by atoms with Gasteiger partial charge in [-0.15, -0.1) is 0 Å². The lowest BCUT2D eigenvalue weighted by atomic mass is 10.1. The molecule has 8 heteroatoms. The van der Waals surface area contributed by atoms with Crippen molar-refractivity contribution in [2.45, 2.75) is 0 Å². The maximum absolute atomic E-state index is 12.9. The molecule has 6 nitrogen and oxygen atoms in total. The summed E-state index contributed by atoms with van der Waals surface area (Å²) in [5.74, 6) is -3.58. The third-order valence-electron chi connectivity index (χ3n) is 3.86. The van der Waals surface area contributed by atoms with Crippen LogP contribution in [0.5, 0.6) is 0 Å². The molecule has 2 aromatic carbocycles. The van der Waals surface area contributed by atoms with Crippen LogP contribution in [0.1, 0.15) is 20.8 Å². The van der Waals surface area contributed by atoms with Crippen molar-refractivity contribution in [1.82, 2.24) is 9.97 Å². The maximum atomic E-state index is 12.9. The fourth-order valence-electron chi connectivity index (χ4n) is 2.54. The number of primary amides is 1. The lowest BCUT2D eigenvalue weighted by Gasteiger charge is -2.00. The van der Waals surface area contributed by atoms with Crippen LogP contribution in [0.3, 0.4) is 0 Å². The summed E-state index contributed by atoms with van der Waals surface area (Å²) in [6, 6.07) is 13.5. The first-order valence-corrected chi connectivity index (χ1v) is 7.99. The molecular weight excluding hydrogens is 368 g/mol. The third kappa shape index (κ3) is 3.90. The summed E-state index contributed by atoms with van der Waals surface area (Å²) in [6.07, 6.45) is 1.51. The van der Waals surface area contributed by atoms with Crippen molar-refractivity contribution in [1.29, 1.82) is 0 Å². The second-order valence-corrected chi connectivity index (χ2v) is 5.70. The Balaban J connectivity index is 0.000000162. The molecule has 0 aliphatic rings. The van der Waals surface area contributed by atoms with Crippen LogP contribution < -0.4 is 5.73 Å². The largest absolute Gasteiger partial charge is 0.478 e. The third-order valence-corrected chi connectivity index (χ3v) is 3.86. The molecule has 0 saturated heterocycles. The average molecular weight is 381 g/mol. The molecular formula is C20H13F2N3O3. The topological polar surface area (TPSA) is 106 Å². The Bertz CT molecular complexity index is 1210. The van der Waals surface area contributed by atoms with Gasteiger partial charge in [-0.05, 0) is 24.3 Å². The SMILES string of the molecule is NC(=O)c1ccc2cc(F)c(F)cc2n1.O=C(O)c1ccnc2ccccc12. The molecule has 2 heterocycles. The monoisotopic (exact) mass is 381 g/mol. The fraction of sp³-hybridized carbons (Fsp3) is 0. The Kier molecular flexibility index (Phi) is 5.21. The van der Waals surface area contributed by atoms with E-state index in [1.165, 1.54) is 24.4 Å². The van der Waals surface area contributed by atoms with Gasteiger partial charge in [0.1, 0.15) is 5.69 Å². The van der Waals surface area contributed by atoms with Crippen molar-refractivity contribution in [2.24, 2.45) is 5.73 Å². The van der Waals surface area contributed by atoms with Gasteiger partial charge in [-0.25, -0.2) is 18.6 Å². The molecule has 4 rings (SSSR count). The molecule has 28 heavy (non-hydrogen) atoms. The summed E-state index contributed by atoms with van der Waals surface area (Å²) in [5, 5.41) is 9.95. The smallest absolute Gasteiger partial charge is 0.336 e. The Morgan fingerprint density at radius 2 is 1.64 bits per heavy atom. The Morgan fingerprint density at radius 3 is 2.36 bits per heavy atom. The molecule has 140 valence electrons. The number of carbonyl (C=O) groups is 2. The minimum Gasteiger partial charge on any atom is -0.478 e. The van der Waals surface area contributed by atoms with E-state index >= 15 is 0 Å². The molecule has 0 saturated carbocycles. The van der Waals surface area contributed by atoms with Gasteiger partial charge < -0.3 is 10.8 Å². The number of aromatic carboxylic acids is 1. The summed E-state index contributed by atoms with van der Waals surface area (Å²) < 4.78 is 25.7. The van der Waals surface area contributed by atoms with Crippen molar-refractivity contribution in [3.63, 3.8) is 0 Å². The number of carbonyl (C=O) groups excluding carboxylic acids is 1. The highest BCUT2D eigenvalue weighted by Gasteiger charge is 2.08. The molecule has 0 aliphatic heterocycles. The van der Waals surface area contributed by atoms with Crippen LogP contribution in [0.4, 0.5) is 8.78 Å². The first-order valence-electron chi connectivity index (χ1n) is 7.99. The molecule has 0 fully saturated rings. The van der Waals surface area contributed by atoms with Crippen LogP contribution in [0.25, 0.3) is 21.8 Å². The number of rotatable bonds is 2. The van der Waals surface area contributed by atoms with Gasteiger partial charge in [0.05, 0.1) is 16.6 Å². The molecule has 2 aromatic heterocycles. The van der Waals surface area contributed by atoms with E-state index in [2.05, 4.69) is 9.97 Å². The van der Waals surface area contributed by atoms with E-state index in [0.29, 0.717) is 21.9 Å². The van der Waals surface area contributed by atoms with E-state index in [-0.39, 0.29) is 11.2 Å². The molecule has 1 amide bonds. The normalized spacial score (nSPS) is 10.4. The van der Waals surface area contributed by atoms with E-state index in [0.717, 1.165) is 12.1 Å². The molecule has 3 N–H and O–H groups in total. The van der Waals surface area contributed by atoms with E-state index in [9.17, 15) is 18.4 Å². The standard InChI is InChI=1S/C10H6F2N2O.C10H7NO2/c11-6-3-5-1-2-8(10(13)15)14-9(5)4-7(6)12;12-10(13)8-5-6-11-9-4-2-1-3-7(8)9/h1-4H,(H2,13,15);1-6H,(H,12,13). The first kappa shape index (κ1) is 18.8. The quantitative estimate of drug-likeness (QED) is 0.552. The minimum atomic E-state index is -1.00. The van der Waals surface area contributed by atoms with Gasteiger partial charge in [0.2, 0.25) is 0 Å².